The number of pyridine rings is 2. The second kappa shape index (κ2) is 11.0. The number of nitrogens with zero attached hydrogens (tertiary/aromatic N) is 4. The summed E-state index contributed by atoms with van der Waals surface area (Å²) in [6, 6.07) is 7.67. The van der Waals surface area contributed by atoms with E-state index in [1.165, 1.54) is 11.8 Å². The van der Waals surface area contributed by atoms with E-state index < -0.39 is 20.5 Å². The molecule has 0 N–H and O–H groups in total. The van der Waals surface area contributed by atoms with Crippen molar-refractivity contribution in [2.24, 2.45) is 4.36 Å². The fourth-order valence-corrected chi connectivity index (χ4v) is 5.36. The molecule has 0 spiro atoms. The van der Waals surface area contributed by atoms with E-state index in [9.17, 15) is 13.7 Å². The van der Waals surface area contributed by atoms with Crippen LogP contribution < -0.4 is 0 Å². The number of hydrogen-bond donors (Lipinski definition) is 0. The van der Waals surface area contributed by atoms with Gasteiger partial charge in [-0.2, -0.15) is 9.62 Å². The molecule has 2 aromatic heterocycles. The molecular formula is C20H26N4O3S3. The van der Waals surface area contributed by atoms with Gasteiger partial charge < -0.3 is 4.74 Å². The topological polar surface area (TPSA) is 105 Å². The van der Waals surface area contributed by atoms with E-state index in [0.29, 0.717) is 39.5 Å². The van der Waals surface area contributed by atoms with E-state index in [1.54, 1.807) is 31.9 Å². The third-order valence-electron chi connectivity index (χ3n) is 3.95. The summed E-state index contributed by atoms with van der Waals surface area (Å²) < 4.78 is 33.1. The molecule has 0 fully saturated rings. The fourth-order valence-electron chi connectivity index (χ4n) is 2.53. The molecule has 0 aromatic carbocycles. The Balaban J connectivity index is 2.43. The minimum atomic E-state index is -2.29. The summed E-state index contributed by atoms with van der Waals surface area (Å²) in [4.78, 5) is 8.94. The van der Waals surface area contributed by atoms with Crippen LogP contribution in [0.2, 0.25) is 0 Å². The van der Waals surface area contributed by atoms with Gasteiger partial charge in [0.05, 0.1) is 22.9 Å². The van der Waals surface area contributed by atoms with Crippen LogP contribution in [0.15, 0.2) is 33.8 Å². The standard InChI is InChI=1S/C20H26N4O3S3/c1-14(2)16-10-18(15-6-7-19(22-12-15)24-30(4,5)26)23-20(17(16)11-21)28-13-29(25)9-8-27-3/h6-7,10,12,14H,8-9,13H2,1-5H3. The summed E-state index contributed by atoms with van der Waals surface area (Å²) in [7, 11) is -1.79. The summed E-state index contributed by atoms with van der Waals surface area (Å²) in [5.41, 5.74) is 2.84. The Morgan fingerprint density at radius 3 is 2.63 bits per heavy atom. The predicted molar refractivity (Wildman–Crippen MR) is 124 cm³/mol. The van der Waals surface area contributed by atoms with E-state index in [1.807, 2.05) is 26.0 Å². The Labute approximate surface area is 185 Å². The molecule has 7 nitrogen and oxygen atoms in total. The zero-order chi connectivity index (χ0) is 22.3. The zero-order valence-electron chi connectivity index (χ0n) is 17.7. The van der Waals surface area contributed by atoms with Crippen molar-refractivity contribution in [1.82, 2.24) is 9.97 Å². The maximum absolute atomic E-state index is 12.2. The molecule has 1 unspecified atom stereocenters. The van der Waals surface area contributed by atoms with Crippen LogP contribution in [-0.2, 0) is 25.3 Å². The van der Waals surface area contributed by atoms with Crippen molar-refractivity contribution in [2.75, 3.05) is 37.1 Å². The summed E-state index contributed by atoms with van der Waals surface area (Å²) >= 11 is 1.32. The molecule has 0 saturated carbocycles. The van der Waals surface area contributed by atoms with E-state index in [0.717, 1.165) is 11.1 Å². The zero-order valence-corrected chi connectivity index (χ0v) is 20.2. The number of nitriles is 1. The van der Waals surface area contributed by atoms with Crippen molar-refractivity contribution in [3.8, 4) is 17.3 Å². The molecule has 30 heavy (non-hydrogen) atoms. The molecule has 162 valence electrons. The van der Waals surface area contributed by atoms with Gasteiger partial charge >= 0.3 is 0 Å². The fraction of sp³-hybridized carbons (Fsp3) is 0.450. The average Bonchev–Trinajstić information content (AvgIpc) is 2.69. The van der Waals surface area contributed by atoms with Crippen LogP contribution in [0.25, 0.3) is 11.3 Å². The van der Waals surface area contributed by atoms with Crippen molar-refractivity contribution in [3.63, 3.8) is 0 Å². The van der Waals surface area contributed by atoms with Crippen LogP contribution in [0.5, 0.6) is 0 Å². The normalized spacial score (nSPS) is 12.6. The molecule has 0 saturated heterocycles. The number of methoxy groups -OCH3 is 1. The van der Waals surface area contributed by atoms with Gasteiger partial charge in [0.15, 0.2) is 5.82 Å². The predicted octanol–water partition coefficient (Wildman–Crippen LogP) is 3.94. The first kappa shape index (κ1) is 24.5. The average molecular weight is 467 g/mol. The summed E-state index contributed by atoms with van der Waals surface area (Å²) in [6.07, 6.45) is 4.74. The third kappa shape index (κ3) is 7.16. The van der Waals surface area contributed by atoms with Gasteiger partial charge in [0.25, 0.3) is 0 Å². The highest BCUT2D eigenvalue weighted by Gasteiger charge is 2.17. The number of aromatic nitrogens is 2. The Hall–Kier alpha value is -1.80. The minimum absolute atomic E-state index is 0.117. The lowest BCUT2D eigenvalue weighted by molar-refractivity contribution is 0.218. The van der Waals surface area contributed by atoms with Gasteiger partial charge in [-0.3, -0.25) is 4.21 Å². The van der Waals surface area contributed by atoms with Gasteiger partial charge in [0, 0.05) is 57.7 Å². The smallest absolute Gasteiger partial charge is 0.161 e. The lowest BCUT2D eigenvalue weighted by Crippen LogP contribution is -2.07. The summed E-state index contributed by atoms with van der Waals surface area (Å²) in [6.45, 7) is 4.46. The van der Waals surface area contributed by atoms with Gasteiger partial charge in [0.2, 0.25) is 0 Å². The monoisotopic (exact) mass is 466 g/mol. The second-order valence-corrected chi connectivity index (χ2v) is 12.6. The highest BCUT2D eigenvalue weighted by Crippen LogP contribution is 2.32. The van der Waals surface area contributed by atoms with Crippen LogP contribution in [0.1, 0.15) is 30.9 Å². The molecule has 0 aliphatic rings. The van der Waals surface area contributed by atoms with E-state index in [4.69, 9.17) is 4.74 Å². The lowest BCUT2D eigenvalue weighted by Gasteiger charge is -2.14. The maximum atomic E-state index is 12.2. The molecule has 2 heterocycles. The van der Waals surface area contributed by atoms with Gasteiger partial charge in [0.1, 0.15) is 11.1 Å². The first-order valence-corrected chi connectivity index (χ1v) is 14.0. The van der Waals surface area contributed by atoms with Crippen LogP contribution in [-0.4, -0.2) is 55.5 Å². The highest BCUT2D eigenvalue weighted by atomic mass is 32.2. The highest BCUT2D eigenvalue weighted by molar-refractivity contribution is 8.10. The van der Waals surface area contributed by atoms with E-state index >= 15 is 0 Å². The molecule has 0 aliphatic heterocycles. The molecular weight excluding hydrogens is 440 g/mol. The minimum Gasteiger partial charge on any atom is -0.384 e. The van der Waals surface area contributed by atoms with Crippen molar-refractivity contribution in [1.29, 1.82) is 5.26 Å². The van der Waals surface area contributed by atoms with Crippen molar-refractivity contribution >= 4 is 38.1 Å². The number of hydrogen-bond acceptors (Lipinski definition) is 8. The third-order valence-corrected chi connectivity index (χ3v) is 7.29. The molecule has 2 rings (SSSR count). The SMILES string of the molecule is COCCS(=O)CSc1nc(-c2ccc(N=S(C)(C)=O)nc2)cc(C(C)C)c1C#N. The number of thioether (sulfide) groups is 1. The lowest BCUT2D eigenvalue weighted by atomic mass is 9.97. The molecule has 1 atom stereocenters. The number of ether oxygens (including phenoxy) is 1. The largest absolute Gasteiger partial charge is 0.384 e. The van der Waals surface area contributed by atoms with Crippen molar-refractivity contribution < 1.29 is 13.2 Å². The number of rotatable bonds is 9. The molecule has 0 aliphatic carbocycles. The Morgan fingerprint density at radius 1 is 1.37 bits per heavy atom. The molecule has 0 radical (unpaired) electrons. The quantitative estimate of drug-likeness (QED) is 0.515. The molecule has 10 heteroatoms. The van der Waals surface area contributed by atoms with Crippen LogP contribution >= 0.6 is 11.8 Å². The Bertz CT molecular complexity index is 1060. The van der Waals surface area contributed by atoms with Crippen molar-refractivity contribution in [2.45, 2.75) is 24.8 Å². The molecule has 0 bridgehead atoms. The van der Waals surface area contributed by atoms with Gasteiger partial charge in [-0.25, -0.2) is 14.2 Å². The van der Waals surface area contributed by atoms with Gasteiger partial charge in [-0.1, -0.05) is 25.6 Å². The van der Waals surface area contributed by atoms with Gasteiger partial charge in [-0.15, -0.1) is 0 Å². The summed E-state index contributed by atoms with van der Waals surface area (Å²) in [5, 5.41) is 10.6. The first-order valence-electron chi connectivity index (χ1n) is 9.20. The summed E-state index contributed by atoms with van der Waals surface area (Å²) in [5.74, 6) is 0.955. The Kier molecular flexibility index (Phi) is 8.97. The maximum Gasteiger partial charge on any atom is 0.161 e. The van der Waals surface area contributed by atoms with Crippen LogP contribution in [0.4, 0.5) is 5.82 Å². The van der Waals surface area contributed by atoms with E-state index in [-0.39, 0.29) is 5.92 Å². The Morgan fingerprint density at radius 2 is 2.10 bits per heavy atom. The first-order chi connectivity index (χ1) is 14.1. The molecule has 2 aromatic rings. The van der Waals surface area contributed by atoms with Gasteiger partial charge in [-0.05, 0) is 29.7 Å². The molecule has 0 amide bonds. The second-order valence-electron chi connectivity index (χ2n) is 7.12. The van der Waals surface area contributed by atoms with E-state index in [2.05, 4.69) is 20.4 Å². The van der Waals surface area contributed by atoms with Crippen LogP contribution in [0, 0.1) is 11.3 Å². The van der Waals surface area contributed by atoms with Crippen molar-refractivity contribution in [3.05, 3.63) is 35.5 Å². The van der Waals surface area contributed by atoms with Crippen LogP contribution in [0.3, 0.4) is 0 Å².